The monoisotopic (exact) mass is 310 g/mol. The van der Waals surface area contributed by atoms with E-state index >= 15 is 0 Å². The number of rotatable bonds is 4. The van der Waals surface area contributed by atoms with Crippen LogP contribution >= 0.6 is 11.6 Å². The summed E-state index contributed by atoms with van der Waals surface area (Å²) < 4.78 is 27.0. The molecular formula is C14H15ClN2O2S. The Labute approximate surface area is 123 Å². The number of hydrogen-bond acceptors (Lipinski definition) is 3. The van der Waals surface area contributed by atoms with Crippen LogP contribution in [-0.2, 0) is 16.6 Å². The summed E-state index contributed by atoms with van der Waals surface area (Å²) in [6.07, 6.45) is 0. The lowest BCUT2D eigenvalue weighted by Crippen LogP contribution is -2.23. The Hall–Kier alpha value is -1.56. The standard InChI is InChI=1S/C14H15ClN2O2S/c1-10-5-6-13(15)14(7-10)20(18,19)17-9-11-3-2-4-12(16)8-11/h2-8,17H,9,16H2,1H3. The Morgan fingerprint density at radius 1 is 1.20 bits per heavy atom. The number of anilines is 1. The van der Waals surface area contributed by atoms with Gasteiger partial charge < -0.3 is 5.73 Å². The van der Waals surface area contributed by atoms with Crippen LogP contribution in [0.1, 0.15) is 11.1 Å². The fraction of sp³-hybridized carbons (Fsp3) is 0.143. The normalized spacial score (nSPS) is 11.5. The minimum absolute atomic E-state index is 0.0862. The lowest BCUT2D eigenvalue weighted by atomic mass is 10.2. The largest absolute Gasteiger partial charge is 0.399 e. The second-order valence-electron chi connectivity index (χ2n) is 4.50. The summed E-state index contributed by atoms with van der Waals surface area (Å²) in [6.45, 7) is 1.98. The predicted octanol–water partition coefficient (Wildman–Crippen LogP) is 2.71. The number of sulfonamides is 1. The topological polar surface area (TPSA) is 72.2 Å². The van der Waals surface area contributed by atoms with E-state index in [1.807, 2.05) is 6.92 Å². The highest BCUT2D eigenvalue weighted by Crippen LogP contribution is 2.22. The molecular weight excluding hydrogens is 296 g/mol. The minimum atomic E-state index is -3.65. The van der Waals surface area contributed by atoms with Crippen molar-refractivity contribution >= 4 is 27.3 Å². The van der Waals surface area contributed by atoms with Crippen molar-refractivity contribution in [2.75, 3.05) is 5.73 Å². The summed E-state index contributed by atoms with van der Waals surface area (Å²) >= 11 is 5.95. The number of halogens is 1. The second kappa shape index (κ2) is 5.83. The summed E-state index contributed by atoms with van der Waals surface area (Å²) in [6, 6.07) is 11.9. The third kappa shape index (κ3) is 3.50. The van der Waals surface area contributed by atoms with Gasteiger partial charge >= 0.3 is 0 Å². The zero-order chi connectivity index (χ0) is 14.8. The Balaban J connectivity index is 2.21. The average Bonchev–Trinajstić information content (AvgIpc) is 2.39. The molecule has 2 aromatic rings. The van der Waals surface area contributed by atoms with Gasteiger partial charge in [-0.15, -0.1) is 0 Å². The molecule has 2 rings (SSSR count). The van der Waals surface area contributed by atoms with Gasteiger partial charge in [-0.3, -0.25) is 0 Å². The van der Waals surface area contributed by atoms with Crippen molar-refractivity contribution < 1.29 is 8.42 Å². The lowest BCUT2D eigenvalue weighted by Gasteiger charge is -2.09. The van der Waals surface area contributed by atoms with Gasteiger partial charge in [0.25, 0.3) is 0 Å². The van der Waals surface area contributed by atoms with Crippen molar-refractivity contribution in [3.63, 3.8) is 0 Å². The van der Waals surface area contributed by atoms with Gasteiger partial charge in [0.05, 0.1) is 5.02 Å². The Bertz CT molecular complexity index is 730. The van der Waals surface area contributed by atoms with Crippen LogP contribution in [0.4, 0.5) is 5.69 Å². The maximum atomic E-state index is 12.2. The van der Waals surface area contributed by atoms with Crippen molar-refractivity contribution in [3.8, 4) is 0 Å². The SMILES string of the molecule is Cc1ccc(Cl)c(S(=O)(=O)NCc2cccc(N)c2)c1. The highest BCUT2D eigenvalue weighted by molar-refractivity contribution is 7.89. The zero-order valence-electron chi connectivity index (χ0n) is 10.9. The molecule has 0 aliphatic rings. The minimum Gasteiger partial charge on any atom is -0.399 e. The number of nitrogens with one attached hydrogen (secondary N) is 1. The molecule has 0 bridgehead atoms. The van der Waals surface area contributed by atoms with E-state index in [1.165, 1.54) is 0 Å². The first-order valence-corrected chi connectivity index (χ1v) is 7.85. The molecule has 0 spiro atoms. The van der Waals surface area contributed by atoms with Crippen LogP contribution in [0.2, 0.25) is 5.02 Å². The van der Waals surface area contributed by atoms with Gasteiger partial charge in [0.1, 0.15) is 4.90 Å². The molecule has 0 fully saturated rings. The fourth-order valence-electron chi connectivity index (χ4n) is 1.78. The van der Waals surface area contributed by atoms with Crippen LogP contribution in [0.15, 0.2) is 47.4 Å². The van der Waals surface area contributed by atoms with Crippen molar-refractivity contribution in [3.05, 3.63) is 58.6 Å². The van der Waals surface area contributed by atoms with Gasteiger partial charge in [-0.1, -0.05) is 29.8 Å². The molecule has 0 atom stereocenters. The van der Waals surface area contributed by atoms with E-state index in [0.717, 1.165) is 11.1 Å². The second-order valence-corrected chi connectivity index (χ2v) is 6.65. The number of nitrogen functional groups attached to an aromatic ring is 1. The number of nitrogens with two attached hydrogens (primary N) is 1. The molecule has 0 amide bonds. The fourth-order valence-corrected chi connectivity index (χ4v) is 3.38. The Kier molecular flexibility index (Phi) is 4.32. The van der Waals surface area contributed by atoms with Gasteiger partial charge in [0, 0.05) is 12.2 Å². The van der Waals surface area contributed by atoms with Crippen molar-refractivity contribution in [2.45, 2.75) is 18.4 Å². The molecule has 0 aromatic heterocycles. The first-order valence-electron chi connectivity index (χ1n) is 5.99. The molecule has 0 aliphatic heterocycles. The molecule has 0 radical (unpaired) electrons. The van der Waals surface area contributed by atoms with Gasteiger partial charge in [-0.25, -0.2) is 13.1 Å². The molecule has 4 nitrogen and oxygen atoms in total. The van der Waals surface area contributed by atoms with Crippen LogP contribution in [-0.4, -0.2) is 8.42 Å². The maximum absolute atomic E-state index is 12.2. The summed E-state index contributed by atoms with van der Waals surface area (Å²) in [4.78, 5) is 0.0862. The van der Waals surface area contributed by atoms with Crippen LogP contribution < -0.4 is 10.5 Å². The summed E-state index contributed by atoms with van der Waals surface area (Å²) in [7, 11) is -3.65. The van der Waals surface area contributed by atoms with E-state index in [2.05, 4.69) is 4.72 Å². The van der Waals surface area contributed by atoms with Gasteiger partial charge in [-0.05, 0) is 42.3 Å². The molecule has 106 valence electrons. The van der Waals surface area contributed by atoms with Crippen molar-refractivity contribution in [2.24, 2.45) is 0 Å². The van der Waals surface area contributed by atoms with E-state index < -0.39 is 10.0 Å². The van der Waals surface area contributed by atoms with Crippen molar-refractivity contribution in [1.82, 2.24) is 4.72 Å². The molecule has 0 aliphatic carbocycles. The zero-order valence-corrected chi connectivity index (χ0v) is 12.5. The Morgan fingerprint density at radius 2 is 1.95 bits per heavy atom. The van der Waals surface area contributed by atoms with Crippen LogP contribution in [0.5, 0.6) is 0 Å². The molecule has 0 saturated carbocycles. The summed E-state index contributed by atoms with van der Waals surface area (Å²) in [5.41, 5.74) is 7.87. The maximum Gasteiger partial charge on any atom is 0.242 e. The smallest absolute Gasteiger partial charge is 0.242 e. The van der Waals surface area contributed by atoms with E-state index in [4.69, 9.17) is 17.3 Å². The highest BCUT2D eigenvalue weighted by atomic mass is 35.5. The van der Waals surface area contributed by atoms with Gasteiger partial charge in [-0.2, -0.15) is 0 Å². The van der Waals surface area contributed by atoms with Crippen molar-refractivity contribution in [1.29, 1.82) is 0 Å². The molecule has 0 saturated heterocycles. The molecule has 0 unspecified atom stereocenters. The molecule has 0 heterocycles. The van der Waals surface area contributed by atoms with Crippen LogP contribution in [0, 0.1) is 6.92 Å². The number of hydrogen-bond donors (Lipinski definition) is 2. The number of benzene rings is 2. The van der Waals surface area contributed by atoms with E-state index in [1.54, 1.807) is 42.5 Å². The average molecular weight is 311 g/mol. The van der Waals surface area contributed by atoms with Crippen LogP contribution in [0.25, 0.3) is 0 Å². The highest BCUT2D eigenvalue weighted by Gasteiger charge is 2.17. The van der Waals surface area contributed by atoms with Gasteiger partial charge in [0.2, 0.25) is 10.0 Å². The van der Waals surface area contributed by atoms with E-state index in [-0.39, 0.29) is 16.5 Å². The van der Waals surface area contributed by atoms with Gasteiger partial charge in [0.15, 0.2) is 0 Å². The molecule has 2 aromatic carbocycles. The first kappa shape index (κ1) is 14.8. The van der Waals surface area contributed by atoms with E-state index in [9.17, 15) is 8.42 Å². The molecule has 6 heteroatoms. The predicted molar refractivity (Wildman–Crippen MR) is 81.1 cm³/mol. The Morgan fingerprint density at radius 3 is 2.65 bits per heavy atom. The third-order valence-corrected chi connectivity index (χ3v) is 4.68. The van der Waals surface area contributed by atoms with Crippen LogP contribution in [0.3, 0.4) is 0 Å². The number of aryl methyl sites for hydroxylation is 1. The quantitative estimate of drug-likeness (QED) is 0.853. The van der Waals surface area contributed by atoms with E-state index in [0.29, 0.717) is 5.69 Å². The first-order chi connectivity index (χ1) is 9.38. The molecule has 20 heavy (non-hydrogen) atoms. The summed E-state index contributed by atoms with van der Waals surface area (Å²) in [5.74, 6) is 0. The molecule has 3 N–H and O–H groups in total. The summed E-state index contributed by atoms with van der Waals surface area (Å²) in [5, 5.41) is 0.204. The lowest BCUT2D eigenvalue weighted by molar-refractivity contribution is 0.581. The third-order valence-electron chi connectivity index (χ3n) is 2.79.